The summed E-state index contributed by atoms with van der Waals surface area (Å²) in [5, 5.41) is 0. The van der Waals surface area contributed by atoms with Gasteiger partial charge in [-0.05, 0) is 19.3 Å². The van der Waals surface area contributed by atoms with Gasteiger partial charge >= 0.3 is 7.82 Å². The largest absolute Gasteiger partial charge is 0.469 e. The van der Waals surface area contributed by atoms with E-state index in [4.69, 9.17) is 42.7 Å². The fraction of sp³-hybridized carbons (Fsp3) is 1.00. The normalized spacial score (nSPS) is 12.6. The maximum atomic E-state index is 11.2. The van der Waals surface area contributed by atoms with Crippen LogP contribution in [0.4, 0.5) is 0 Å². The Balaban J connectivity index is 4.83. The highest BCUT2D eigenvalue weighted by Crippen LogP contribution is 2.38. The molecule has 0 aliphatic rings. The van der Waals surface area contributed by atoms with E-state index in [1.807, 2.05) is 0 Å². The minimum Gasteiger partial charge on any atom is -0.385 e. The number of phosphoric ester groups is 1. The van der Waals surface area contributed by atoms with Crippen LogP contribution >= 0.6 is 7.82 Å². The zero-order valence-corrected chi connectivity index (χ0v) is 18.2. The molecule has 0 aliphatic heterocycles. The molecule has 0 aromatic rings. The predicted octanol–water partition coefficient (Wildman–Crippen LogP) is 1.24. The molecule has 0 atom stereocenters. The molecular weight excluding hydrogens is 395 g/mol. The topological polar surface area (TPSA) is 122 Å². The molecule has 0 heterocycles. The van der Waals surface area contributed by atoms with Crippen molar-refractivity contribution in [1.82, 2.24) is 0 Å². The molecular formula is C17H37O10P. The van der Waals surface area contributed by atoms with Crippen molar-refractivity contribution < 1.29 is 47.3 Å². The van der Waals surface area contributed by atoms with Crippen LogP contribution in [0.15, 0.2) is 0 Å². The van der Waals surface area contributed by atoms with Crippen molar-refractivity contribution in [2.45, 2.75) is 19.3 Å². The molecule has 10 nitrogen and oxygen atoms in total. The quantitative estimate of drug-likeness (QED) is 0.202. The Kier molecular flexibility index (Phi) is 17.6. The van der Waals surface area contributed by atoms with Crippen LogP contribution in [-0.4, -0.2) is 97.2 Å². The van der Waals surface area contributed by atoms with Crippen molar-refractivity contribution in [3.63, 3.8) is 0 Å². The molecule has 28 heavy (non-hydrogen) atoms. The molecule has 2 N–H and O–H groups in total. The summed E-state index contributed by atoms with van der Waals surface area (Å²) in [5.74, 6) is 0. The van der Waals surface area contributed by atoms with Crippen LogP contribution < -0.4 is 0 Å². The van der Waals surface area contributed by atoms with Gasteiger partial charge in [0.2, 0.25) is 0 Å². The second-order valence-corrected chi connectivity index (χ2v) is 7.70. The molecule has 11 heteroatoms. The molecule has 0 aromatic heterocycles. The fourth-order valence-corrected chi connectivity index (χ4v) is 2.70. The molecule has 0 bridgehead atoms. The van der Waals surface area contributed by atoms with Gasteiger partial charge in [0.15, 0.2) is 0 Å². The number of ether oxygens (including phenoxy) is 6. The maximum absolute atomic E-state index is 11.2. The lowest BCUT2D eigenvalue weighted by Crippen LogP contribution is -2.42. The van der Waals surface area contributed by atoms with Crippen LogP contribution in [0.1, 0.15) is 19.3 Å². The van der Waals surface area contributed by atoms with Crippen molar-refractivity contribution >= 4 is 7.82 Å². The smallest absolute Gasteiger partial charge is 0.385 e. The van der Waals surface area contributed by atoms with Gasteiger partial charge in [-0.15, -0.1) is 0 Å². The van der Waals surface area contributed by atoms with E-state index in [2.05, 4.69) is 0 Å². The lowest BCUT2D eigenvalue weighted by Gasteiger charge is -2.33. The molecule has 0 aromatic carbocycles. The van der Waals surface area contributed by atoms with Crippen LogP contribution in [0.2, 0.25) is 0 Å². The fourth-order valence-electron chi connectivity index (χ4n) is 2.25. The van der Waals surface area contributed by atoms with Crippen LogP contribution in [0, 0.1) is 5.41 Å². The lowest BCUT2D eigenvalue weighted by molar-refractivity contribution is -0.0944. The van der Waals surface area contributed by atoms with E-state index in [0.717, 1.165) is 0 Å². The summed E-state index contributed by atoms with van der Waals surface area (Å²) in [4.78, 5) is 18.2. The van der Waals surface area contributed by atoms with Gasteiger partial charge in [0.25, 0.3) is 0 Å². The standard InChI is InChI=1S/C17H37O10P/c1-21-7-4-10-24-13-17(16-27-28(18,19)20,14-25-11-5-8-22-2)15-26-12-6-9-23-3/h4-16H2,1-3H3,(H2,18,19,20). The van der Waals surface area contributed by atoms with E-state index in [-0.39, 0.29) is 26.4 Å². The van der Waals surface area contributed by atoms with Gasteiger partial charge in [0.1, 0.15) is 0 Å². The summed E-state index contributed by atoms with van der Waals surface area (Å²) < 4.78 is 48.1. The number of hydrogen-bond donors (Lipinski definition) is 2. The maximum Gasteiger partial charge on any atom is 0.469 e. The molecule has 0 saturated heterocycles. The molecule has 0 spiro atoms. The van der Waals surface area contributed by atoms with Gasteiger partial charge in [-0.1, -0.05) is 0 Å². The second kappa shape index (κ2) is 17.7. The number of methoxy groups -OCH3 is 3. The Morgan fingerprint density at radius 1 is 0.643 bits per heavy atom. The SMILES string of the molecule is COCCCOCC(COCCCOC)(COCCCOC)COP(=O)(O)O. The van der Waals surface area contributed by atoms with Crippen molar-refractivity contribution in [3.05, 3.63) is 0 Å². The van der Waals surface area contributed by atoms with Crippen LogP contribution in [0.5, 0.6) is 0 Å². The first kappa shape index (κ1) is 27.9. The second-order valence-electron chi connectivity index (χ2n) is 6.46. The zero-order valence-electron chi connectivity index (χ0n) is 17.3. The Hall–Kier alpha value is -0.130. The van der Waals surface area contributed by atoms with E-state index < -0.39 is 13.2 Å². The molecule has 0 radical (unpaired) electrons. The van der Waals surface area contributed by atoms with Gasteiger partial charge in [0, 0.05) is 61.0 Å². The van der Waals surface area contributed by atoms with Gasteiger partial charge in [-0.3, -0.25) is 4.52 Å². The van der Waals surface area contributed by atoms with Crippen LogP contribution in [-0.2, 0) is 37.5 Å². The summed E-state index contributed by atoms with van der Waals surface area (Å²) in [6.45, 7) is 3.28. The van der Waals surface area contributed by atoms with E-state index >= 15 is 0 Å². The summed E-state index contributed by atoms with van der Waals surface area (Å²) in [6, 6.07) is 0. The van der Waals surface area contributed by atoms with Crippen LogP contribution in [0.25, 0.3) is 0 Å². The summed E-state index contributed by atoms with van der Waals surface area (Å²) in [7, 11) is 0.195. The molecule has 0 unspecified atom stereocenters. The molecule has 170 valence electrons. The van der Waals surface area contributed by atoms with E-state index in [0.29, 0.717) is 58.9 Å². The van der Waals surface area contributed by atoms with Crippen molar-refractivity contribution in [3.8, 4) is 0 Å². The molecule has 0 aliphatic carbocycles. The van der Waals surface area contributed by atoms with E-state index in [9.17, 15) is 4.57 Å². The average Bonchev–Trinajstić information content (AvgIpc) is 2.65. The van der Waals surface area contributed by atoms with Gasteiger partial charge in [-0.25, -0.2) is 4.57 Å². The average molecular weight is 432 g/mol. The monoisotopic (exact) mass is 432 g/mol. The third-order valence-corrected chi connectivity index (χ3v) is 4.14. The molecule has 0 saturated carbocycles. The Morgan fingerprint density at radius 3 is 1.29 bits per heavy atom. The van der Waals surface area contributed by atoms with Crippen molar-refractivity contribution in [2.24, 2.45) is 5.41 Å². The van der Waals surface area contributed by atoms with Gasteiger partial charge in [-0.2, -0.15) is 0 Å². The van der Waals surface area contributed by atoms with Crippen LogP contribution in [0.3, 0.4) is 0 Å². The third kappa shape index (κ3) is 16.8. The highest BCUT2D eigenvalue weighted by Gasteiger charge is 2.35. The Bertz CT molecular complexity index is 354. The first-order valence-corrected chi connectivity index (χ1v) is 10.8. The third-order valence-electron chi connectivity index (χ3n) is 3.68. The Morgan fingerprint density at radius 2 is 1.00 bits per heavy atom. The summed E-state index contributed by atoms with van der Waals surface area (Å²) in [6.07, 6.45) is 2.11. The first-order chi connectivity index (χ1) is 13.4. The lowest BCUT2D eigenvalue weighted by atomic mass is 9.92. The number of phosphoric acid groups is 1. The predicted molar refractivity (Wildman–Crippen MR) is 102 cm³/mol. The van der Waals surface area contributed by atoms with Gasteiger partial charge in [0.05, 0.1) is 31.8 Å². The number of rotatable bonds is 21. The molecule has 0 fully saturated rings. The van der Waals surface area contributed by atoms with E-state index in [1.165, 1.54) is 0 Å². The minimum atomic E-state index is -4.64. The minimum absolute atomic E-state index is 0.172. The molecule has 0 rings (SSSR count). The summed E-state index contributed by atoms with van der Waals surface area (Å²) >= 11 is 0. The highest BCUT2D eigenvalue weighted by molar-refractivity contribution is 7.46. The van der Waals surface area contributed by atoms with Gasteiger partial charge < -0.3 is 38.2 Å². The number of hydrogen-bond acceptors (Lipinski definition) is 8. The van der Waals surface area contributed by atoms with Crippen molar-refractivity contribution in [1.29, 1.82) is 0 Å². The van der Waals surface area contributed by atoms with E-state index in [1.54, 1.807) is 21.3 Å². The zero-order chi connectivity index (χ0) is 21.1. The summed E-state index contributed by atoms with van der Waals surface area (Å²) in [5.41, 5.74) is -0.853. The first-order valence-electron chi connectivity index (χ1n) is 9.29. The molecule has 0 amide bonds. The highest BCUT2D eigenvalue weighted by atomic mass is 31.2. The Labute approximate surface area is 168 Å². The van der Waals surface area contributed by atoms with Crippen molar-refractivity contribution in [2.75, 3.05) is 87.4 Å².